The Morgan fingerprint density at radius 1 is 1.23 bits per heavy atom. The fourth-order valence-electron chi connectivity index (χ4n) is 4.01. The number of nitrogens with zero attached hydrogens (tertiary/aromatic N) is 4. The van der Waals surface area contributed by atoms with Crippen LogP contribution >= 0.6 is 0 Å². The molecule has 0 aromatic carbocycles. The number of nitrogens with one attached hydrogen (secondary N) is 1. The fourth-order valence-corrected chi connectivity index (χ4v) is 4.01. The van der Waals surface area contributed by atoms with Gasteiger partial charge in [0.15, 0.2) is 5.82 Å². The smallest absolute Gasteiger partial charge is 0.383 e. The van der Waals surface area contributed by atoms with E-state index in [1.807, 2.05) is 13.8 Å². The van der Waals surface area contributed by atoms with Crippen LogP contribution in [0.1, 0.15) is 44.4 Å². The molecule has 6 nitrogen and oxygen atoms in total. The molecule has 192 valence electrons. The molecule has 3 rings (SSSR count). The average molecular weight is 506 g/mol. The number of aryl methyl sites for hydroxylation is 1. The van der Waals surface area contributed by atoms with Crippen LogP contribution in [0.4, 0.5) is 42.4 Å². The van der Waals surface area contributed by atoms with Crippen molar-refractivity contribution in [3.63, 3.8) is 0 Å². The second kappa shape index (κ2) is 9.15. The van der Waals surface area contributed by atoms with Crippen LogP contribution in [0.2, 0.25) is 0 Å². The van der Waals surface area contributed by atoms with Gasteiger partial charge in [0.2, 0.25) is 6.43 Å². The fraction of sp³-hybridized carbons (Fsp3) is 0.500. The van der Waals surface area contributed by atoms with E-state index >= 15 is 0 Å². The molecule has 0 amide bonds. The standard InChI is InChI=1S/C22H25F7N6/c1-5-6-11(2)20(4)12(3)31-19-16(20)17(30)32-18(33-19)14-9-13(10-15(23)24)35(34-14)8-7-21(25,26)22(27,28)29/h9,15H,2-3,5-8,10H2,1,4H3,(H3,30,31,32,33). The van der Waals surface area contributed by atoms with Crippen molar-refractivity contribution >= 4 is 11.6 Å². The third-order valence-corrected chi connectivity index (χ3v) is 6.08. The highest BCUT2D eigenvalue weighted by atomic mass is 19.4. The number of rotatable bonds is 9. The van der Waals surface area contributed by atoms with Crippen LogP contribution in [0.25, 0.3) is 11.5 Å². The van der Waals surface area contributed by atoms with Crippen molar-refractivity contribution in [2.45, 2.75) is 70.0 Å². The molecule has 13 heteroatoms. The molecule has 0 aliphatic carbocycles. The Morgan fingerprint density at radius 2 is 1.89 bits per heavy atom. The summed E-state index contributed by atoms with van der Waals surface area (Å²) >= 11 is 0. The Hall–Kier alpha value is -3.12. The van der Waals surface area contributed by atoms with E-state index in [0.717, 1.165) is 18.1 Å². The lowest BCUT2D eigenvalue weighted by Crippen LogP contribution is -2.37. The number of halogens is 7. The summed E-state index contributed by atoms with van der Waals surface area (Å²) in [5.74, 6) is -4.77. The molecule has 35 heavy (non-hydrogen) atoms. The van der Waals surface area contributed by atoms with Crippen molar-refractivity contribution in [2.24, 2.45) is 0 Å². The van der Waals surface area contributed by atoms with E-state index in [9.17, 15) is 30.7 Å². The zero-order valence-electron chi connectivity index (χ0n) is 19.1. The van der Waals surface area contributed by atoms with Crippen LogP contribution in [0.15, 0.2) is 30.5 Å². The van der Waals surface area contributed by atoms with Crippen LogP contribution < -0.4 is 11.1 Å². The summed E-state index contributed by atoms with van der Waals surface area (Å²) in [7, 11) is 0. The van der Waals surface area contributed by atoms with Crippen molar-refractivity contribution in [3.8, 4) is 11.5 Å². The molecule has 1 aliphatic heterocycles. The average Bonchev–Trinajstić information content (AvgIpc) is 3.24. The SMILES string of the molecule is C=C(CCC)C1(C)C(=C)Nc2nc(-c3cc(CC(F)F)n(CCC(F)(F)C(F)(F)F)n3)nc(N)c21. The van der Waals surface area contributed by atoms with E-state index in [-0.39, 0.29) is 23.0 Å². The number of anilines is 2. The minimum atomic E-state index is -5.77. The van der Waals surface area contributed by atoms with Gasteiger partial charge in [0, 0.05) is 24.4 Å². The number of hydrogen-bond acceptors (Lipinski definition) is 5. The molecular formula is C22H25F7N6. The first kappa shape index (κ1) is 26.5. The van der Waals surface area contributed by atoms with Crippen LogP contribution in [0.5, 0.6) is 0 Å². The Labute approximate surface area is 197 Å². The summed E-state index contributed by atoms with van der Waals surface area (Å²) in [6.07, 6.45) is -9.72. The van der Waals surface area contributed by atoms with Crippen LogP contribution in [0, 0.1) is 0 Å². The molecular weight excluding hydrogens is 481 g/mol. The van der Waals surface area contributed by atoms with Gasteiger partial charge in [-0.25, -0.2) is 18.7 Å². The number of aromatic nitrogens is 4. The predicted octanol–water partition coefficient (Wildman–Crippen LogP) is 5.87. The van der Waals surface area contributed by atoms with Gasteiger partial charge in [0.05, 0.1) is 17.4 Å². The predicted molar refractivity (Wildman–Crippen MR) is 117 cm³/mol. The lowest BCUT2D eigenvalue weighted by atomic mass is 9.75. The highest BCUT2D eigenvalue weighted by molar-refractivity contribution is 5.75. The van der Waals surface area contributed by atoms with E-state index in [4.69, 9.17) is 5.73 Å². The molecule has 3 N–H and O–H groups in total. The minimum Gasteiger partial charge on any atom is -0.383 e. The quantitative estimate of drug-likeness (QED) is 0.328. The molecule has 0 spiro atoms. The maximum absolute atomic E-state index is 13.4. The largest absolute Gasteiger partial charge is 0.453 e. The molecule has 0 fully saturated rings. The normalized spacial score (nSPS) is 18.2. The molecule has 0 radical (unpaired) electrons. The minimum absolute atomic E-state index is 0.0458. The van der Waals surface area contributed by atoms with E-state index in [1.54, 1.807) is 0 Å². The third kappa shape index (κ3) is 4.85. The van der Waals surface area contributed by atoms with Gasteiger partial charge >= 0.3 is 12.1 Å². The third-order valence-electron chi connectivity index (χ3n) is 6.08. The van der Waals surface area contributed by atoms with Gasteiger partial charge < -0.3 is 11.1 Å². The summed E-state index contributed by atoms with van der Waals surface area (Å²) in [4.78, 5) is 8.58. The van der Waals surface area contributed by atoms with Crippen LogP contribution in [-0.2, 0) is 18.4 Å². The number of nitrogens with two attached hydrogens (primary N) is 1. The highest BCUT2D eigenvalue weighted by Crippen LogP contribution is 2.50. The number of allylic oxidation sites excluding steroid dienone is 1. The maximum Gasteiger partial charge on any atom is 0.453 e. The lowest BCUT2D eigenvalue weighted by Gasteiger charge is -2.28. The summed E-state index contributed by atoms with van der Waals surface area (Å²) < 4.78 is 91.2. The summed E-state index contributed by atoms with van der Waals surface area (Å²) in [5.41, 5.74) is 7.03. The first-order valence-electron chi connectivity index (χ1n) is 10.7. The van der Waals surface area contributed by atoms with Crippen molar-refractivity contribution in [3.05, 3.63) is 41.8 Å². The zero-order chi connectivity index (χ0) is 26.3. The molecule has 1 aliphatic rings. The van der Waals surface area contributed by atoms with E-state index in [0.29, 0.717) is 28.2 Å². The Morgan fingerprint density at radius 3 is 2.46 bits per heavy atom. The maximum atomic E-state index is 13.4. The summed E-state index contributed by atoms with van der Waals surface area (Å²) in [5, 5.41) is 6.97. The number of alkyl halides is 7. The second-order valence-corrected chi connectivity index (χ2v) is 8.53. The molecule has 0 saturated heterocycles. The van der Waals surface area contributed by atoms with Crippen LogP contribution in [0.3, 0.4) is 0 Å². The summed E-state index contributed by atoms with van der Waals surface area (Å²) in [6.45, 7) is 11.1. The van der Waals surface area contributed by atoms with Gasteiger partial charge in [-0.05, 0) is 19.4 Å². The van der Waals surface area contributed by atoms with Crippen molar-refractivity contribution in [1.29, 1.82) is 0 Å². The van der Waals surface area contributed by atoms with Gasteiger partial charge in [0.25, 0.3) is 0 Å². The number of fused-ring (bicyclic) bond motifs is 1. The van der Waals surface area contributed by atoms with Crippen molar-refractivity contribution < 1.29 is 30.7 Å². The first-order valence-corrected chi connectivity index (χ1v) is 10.7. The lowest BCUT2D eigenvalue weighted by molar-refractivity contribution is -0.285. The van der Waals surface area contributed by atoms with Gasteiger partial charge in [-0.15, -0.1) is 0 Å². The first-order chi connectivity index (χ1) is 16.1. The highest BCUT2D eigenvalue weighted by Gasteiger charge is 2.56. The van der Waals surface area contributed by atoms with Gasteiger partial charge in [-0.1, -0.05) is 32.1 Å². The van der Waals surface area contributed by atoms with Crippen molar-refractivity contribution in [1.82, 2.24) is 19.7 Å². The zero-order valence-corrected chi connectivity index (χ0v) is 19.1. The van der Waals surface area contributed by atoms with Gasteiger partial charge in [-0.2, -0.15) is 27.1 Å². The Kier molecular flexibility index (Phi) is 6.93. The van der Waals surface area contributed by atoms with E-state index in [2.05, 4.69) is 33.5 Å². The van der Waals surface area contributed by atoms with Gasteiger partial charge in [0.1, 0.15) is 17.3 Å². The van der Waals surface area contributed by atoms with E-state index in [1.165, 1.54) is 0 Å². The van der Waals surface area contributed by atoms with Crippen LogP contribution in [-0.4, -0.2) is 38.3 Å². The molecule has 1 atom stereocenters. The molecule has 1 unspecified atom stereocenters. The Balaban J connectivity index is 2.01. The molecule has 2 aromatic rings. The van der Waals surface area contributed by atoms with Gasteiger partial charge in [-0.3, -0.25) is 4.68 Å². The Bertz CT molecular complexity index is 1140. The van der Waals surface area contributed by atoms with Crippen molar-refractivity contribution in [2.75, 3.05) is 11.1 Å². The second-order valence-electron chi connectivity index (χ2n) is 8.53. The molecule has 2 aromatic heterocycles. The molecule has 0 saturated carbocycles. The number of nitrogen functional groups attached to an aromatic ring is 1. The van der Waals surface area contributed by atoms with E-state index < -0.39 is 43.3 Å². The summed E-state index contributed by atoms with van der Waals surface area (Å²) in [6, 6.07) is 1.12. The monoisotopic (exact) mass is 506 g/mol. The topological polar surface area (TPSA) is 81.7 Å². The number of hydrogen-bond donors (Lipinski definition) is 2. The molecule has 3 heterocycles. The molecule has 0 bridgehead atoms.